The second kappa shape index (κ2) is 2.96. The molecule has 1 heterocycles. The zero-order chi connectivity index (χ0) is 7.40. The molecule has 0 unspecified atom stereocenters. The van der Waals surface area contributed by atoms with Gasteiger partial charge >= 0.3 is 0 Å². The molecule has 0 aromatic rings. The second-order valence-electron chi connectivity index (χ2n) is 2.01. The lowest BCUT2D eigenvalue weighted by atomic mass is 10.3. The van der Waals surface area contributed by atoms with Gasteiger partial charge in [0.15, 0.2) is 0 Å². The summed E-state index contributed by atoms with van der Waals surface area (Å²) in [7, 11) is 0. The van der Waals surface area contributed by atoms with Gasteiger partial charge in [-0.25, -0.2) is 4.99 Å². The summed E-state index contributed by atoms with van der Waals surface area (Å²) in [6.07, 6.45) is 6.40. The van der Waals surface area contributed by atoms with E-state index >= 15 is 0 Å². The van der Waals surface area contributed by atoms with Crippen molar-refractivity contribution in [2.45, 2.75) is 6.92 Å². The number of aliphatic imine (C=N–C) groups is 1. The molecule has 1 aliphatic heterocycles. The number of nitrogens with zero attached hydrogens (tertiary/aromatic N) is 1. The fraction of sp³-hybridized carbons (Fsp3) is 0.143. The molecule has 3 nitrogen and oxygen atoms in total. The van der Waals surface area contributed by atoms with Crippen LogP contribution in [0.1, 0.15) is 6.92 Å². The molecule has 52 valence electrons. The Labute approximate surface area is 59.7 Å². The summed E-state index contributed by atoms with van der Waals surface area (Å²) in [4.78, 5) is 4.01. The Morgan fingerprint density at radius 3 is 3.00 bits per heavy atom. The first kappa shape index (κ1) is 6.74. The van der Waals surface area contributed by atoms with Gasteiger partial charge in [-0.3, -0.25) is 0 Å². The molecule has 0 fully saturated rings. The monoisotopic (exact) mass is 135 g/mol. The van der Waals surface area contributed by atoms with Gasteiger partial charge in [-0.05, 0) is 18.6 Å². The van der Waals surface area contributed by atoms with Crippen LogP contribution < -0.4 is 5.32 Å². The summed E-state index contributed by atoms with van der Waals surface area (Å²) >= 11 is 0. The van der Waals surface area contributed by atoms with Crippen molar-refractivity contribution >= 4 is 12.4 Å². The number of allylic oxidation sites excluding steroid dienone is 2. The molecule has 0 amide bonds. The molecule has 0 atom stereocenters. The Balaban J connectivity index is 2.69. The summed E-state index contributed by atoms with van der Waals surface area (Å²) in [6.45, 7) is 1.96. The molecule has 10 heavy (non-hydrogen) atoms. The summed E-state index contributed by atoms with van der Waals surface area (Å²) in [5, 5.41) is 9.67. The van der Waals surface area contributed by atoms with Crippen molar-refractivity contribution in [3.63, 3.8) is 0 Å². The van der Waals surface area contributed by atoms with Gasteiger partial charge in [0, 0.05) is 18.6 Å². The van der Waals surface area contributed by atoms with E-state index in [2.05, 4.69) is 10.3 Å². The van der Waals surface area contributed by atoms with Crippen molar-refractivity contribution in [2.24, 2.45) is 4.99 Å². The van der Waals surface area contributed by atoms with E-state index in [4.69, 9.17) is 5.41 Å². The SMILES string of the molecule is CC1=CN/C(=C\C=N)N=C1. The molecule has 1 rings (SSSR count). The van der Waals surface area contributed by atoms with Crippen molar-refractivity contribution in [2.75, 3.05) is 0 Å². The normalized spacial score (nSPS) is 20.1. The molecule has 0 bridgehead atoms. The average molecular weight is 135 g/mol. The topological polar surface area (TPSA) is 48.2 Å². The second-order valence-corrected chi connectivity index (χ2v) is 2.01. The van der Waals surface area contributed by atoms with E-state index in [0.717, 1.165) is 5.57 Å². The van der Waals surface area contributed by atoms with Gasteiger partial charge in [-0.2, -0.15) is 0 Å². The fourth-order valence-electron chi connectivity index (χ4n) is 0.604. The summed E-state index contributed by atoms with van der Waals surface area (Å²) in [5.41, 5.74) is 1.09. The Kier molecular flexibility index (Phi) is 1.99. The molecule has 0 saturated heterocycles. The Hall–Kier alpha value is -1.38. The van der Waals surface area contributed by atoms with E-state index in [1.54, 1.807) is 12.3 Å². The number of hydrogen-bond donors (Lipinski definition) is 2. The maximum absolute atomic E-state index is 6.75. The van der Waals surface area contributed by atoms with Crippen LogP contribution in [0.25, 0.3) is 0 Å². The predicted octanol–water partition coefficient (Wildman–Crippen LogP) is 1.06. The van der Waals surface area contributed by atoms with E-state index in [-0.39, 0.29) is 0 Å². The molecule has 1 aliphatic rings. The molecular weight excluding hydrogens is 126 g/mol. The van der Waals surface area contributed by atoms with Crippen molar-refractivity contribution in [3.8, 4) is 0 Å². The van der Waals surface area contributed by atoms with E-state index in [1.807, 2.05) is 13.1 Å². The minimum atomic E-state index is 0.709. The Bertz CT molecular complexity index is 223. The summed E-state index contributed by atoms with van der Waals surface area (Å²) < 4.78 is 0. The third-order valence-electron chi connectivity index (χ3n) is 1.10. The van der Waals surface area contributed by atoms with Crippen LogP contribution in [0.2, 0.25) is 0 Å². The largest absolute Gasteiger partial charge is 0.346 e. The fourth-order valence-corrected chi connectivity index (χ4v) is 0.604. The first-order chi connectivity index (χ1) is 4.83. The molecule has 0 spiro atoms. The number of rotatable bonds is 1. The van der Waals surface area contributed by atoms with Crippen molar-refractivity contribution in [3.05, 3.63) is 23.7 Å². The average Bonchev–Trinajstić information content (AvgIpc) is 1.95. The minimum Gasteiger partial charge on any atom is -0.346 e. The van der Waals surface area contributed by atoms with E-state index in [1.165, 1.54) is 6.21 Å². The van der Waals surface area contributed by atoms with Crippen molar-refractivity contribution < 1.29 is 0 Å². The van der Waals surface area contributed by atoms with Crippen molar-refractivity contribution in [1.82, 2.24) is 5.32 Å². The molecular formula is C7H9N3. The molecule has 3 heteroatoms. The predicted molar refractivity (Wildman–Crippen MR) is 42.3 cm³/mol. The molecule has 0 radical (unpaired) electrons. The molecule has 0 aromatic carbocycles. The number of hydrogen-bond acceptors (Lipinski definition) is 3. The Morgan fingerprint density at radius 1 is 1.70 bits per heavy atom. The lowest BCUT2D eigenvalue weighted by Crippen LogP contribution is -2.08. The quantitative estimate of drug-likeness (QED) is 0.519. The van der Waals surface area contributed by atoms with E-state index in [9.17, 15) is 0 Å². The zero-order valence-electron chi connectivity index (χ0n) is 5.76. The van der Waals surface area contributed by atoms with Crippen molar-refractivity contribution in [1.29, 1.82) is 5.41 Å². The smallest absolute Gasteiger partial charge is 0.131 e. The summed E-state index contributed by atoms with van der Waals surface area (Å²) in [5.74, 6) is 0.709. The number of nitrogens with one attached hydrogen (secondary N) is 2. The maximum atomic E-state index is 6.75. The molecule has 0 saturated carbocycles. The first-order valence-corrected chi connectivity index (χ1v) is 3.01. The standard InChI is InChI=1S/C7H9N3/c1-6-4-9-7(2-3-8)10-5-6/h2-5,8-9H,1H3/b7-2+,8-3?. The van der Waals surface area contributed by atoms with Crippen LogP contribution in [0.3, 0.4) is 0 Å². The minimum absolute atomic E-state index is 0.709. The van der Waals surface area contributed by atoms with Gasteiger partial charge < -0.3 is 10.7 Å². The highest BCUT2D eigenvalue weighted by atomic mass is 15.0. The third-order valence-corrected chi connectivity index (χ3v) is 1.10. The lowest BCUT2D eigenvalue weighted by molar-refractivity contribution is 1.01. The van der Waals surface area contributed by atoms with Crippen LogP contribution in [0.5, 0.6) is 0 Å². The van der Waals surface area contributed by atoms with Gasteiger partial charge in [-0.1, -0.05) is 0 Å². The van der Waals surface area contributed by atoms with Crippen LogP contribution in [0.4, 0.5) is 0 Å². The van der Waals surface area contributed by atoms with Gasteiger partial charge in [0.2, 0.25) is 0 Å². The Morgan fingerprint density at radius 2 is 2.50 bits per heavy atom. The van der Waals surface area contributed by atoms with Crippen LogP contribution in [0, 0.1) is 5.41 Å². The maximum Gasteiger partial charge on any atom is 0.131 e. The highest BCUT2D eigenvalue weighted by Crippen LogP contribution is 1.98. The molecule has 0 aromatic heterocycles. The zero-order valence-corrected chi connectivity index (χ0v) is 5.76. The van der Waals surface area contributed by atoms with Gasteiger partial charge in [-0.15, -0.1) is 0 Å². The summed E-state index contributed by atoms with van der Waals surface area (Å²) in [6, 6.07) is 0. The molecule has 2 N–H and O–H groups in total. The third kappa shape index (κ3) is 1.55. The molecule has 0 aliphatic carbocycles. The highest BCUT2D eigenvalue weighted by molar-refractivity contribution is 5.80. The van der Waals surface area contributed by atoms with Gasteiger partial charge in [0.25, 0.3) is 0 Å². The van der Waals surface area contributed by atoms with E-state index in [0.29, 0.717) is 5.82 Å². The van der Waals surface area contributed by atoms with Crippen LogP contribution in [-0.2, 0) is 0 Å². The van der Waals surface area contributed by atoms with Crippen LogP contribution in [0.15, 0.2) is 28.7 Å². The van der Waals surface area contributed by atoms with Crippen LogP contribution >= 0.6 is 0 Å². The highest BCUT2D eigenvalue weighted by Gasteiger charge is 1.93. The lowest BCUT2D eigenvalue weighted by Gasteiger charge is -2.05. The van der Waals surface area contributed by atoms with Gasteiger partial charge in [0.1, 0.15) is 5.82 Å². The van der Waals surface area contributed by atoms with Crippen LogP contribution in [-0.4, -0.2) is 12.4 Å². The van der Waals surface area contributed by atoms with Gasteiger partial charge in [0.05, 0.1) is 0 Å². The van der Waals surface area contributed by atoms with E-state index < -0.39 is 0 Å². The first-order valence-electron chi connectivity index (χ1n) is 3.01.